The lowest BCUT2D eigenvalue weighted by Gasteiger charge is -2.14. The second-order valence-electron chi connectivity index (χ2n) is 11.5. The normalized spacial score (nSPS) is 12.3. The molecular formula is C35H61N2+. The van der Waals surface area contributed by atoms with Crippen LogP contribution >= 0.6 is 0 Å². The number of nitrogens with one attached hydrogen (secondary N) is 1. The van der Waals surface area contributed by atoms with Gasteiger partial charge < -0.3 is 0 Å². The molecule has 1 N–H and O–H groups in total. The number of hydrogen-bond donors (Lipinski definition) is 1. The fraction of sp³-hybridized carbons (Fsp3) is 0.743. The Labute approximate surface area is 231 Å². The van der Waals surface area contributed by atoms with Crippen molar-refractivity contribution in [3.63, 3.8) is 0 Å². The van der Waals surface area contributed by atoms with Gasteiger partial charge in [0.05, 0.1) is 5.92 Å². The number of nitrogens with zero attached hydrogens (tertiary/aromatic N) is 1. The van der Waals surface area contributed by atoms with E-state index in [-0.39, 0.29) is 0 Å². The van der Waals surface area contributed by atoms with Crippen molar-refractivity contribution in [2.24, 2.45) is 0 Å². The van der Waals surface area contributed by atoms with E-state index in [4.69, 9.17) is 0 Å². The van der Waals surface area contributed by atoms with Crippen molar-refractivity contribution in [3.8, 4) is 5.69 Å². The van der Waals surface area contributed by atoms with Crippen molar-refractivity contribution in [2.75, 3.05) is 0 Å². The van der Waals surface area contributed by atoms with Crippen LogP contribution in [0.5, 0.6) is 0 Å². The molecule has 2 nitrogen and oxygen atoms in total. The average Bonchev–Trinajstić information content (AvgIpc) is 3.42. The average molecular weight is 510 g/mol. The van der Waals surface area contributed by atoms with Gasteiger partial charge in [-0.25, -0.2) is 4.98 Å². The Bertz CT molecular complexity index is 735. The third-order valence-corrected chi connectivity index (χ3v) is 8.20. The highest BCUT2D eigenvalue weighted by atomic mass is 15.1. The van der Waals surface area contributed by atoms with E-state index in [0.29, 0.717) is 5.92 Å². The van der Waals surface area contributed by atoms with E-state index >= 15 is 0 Å². The van der Waals surface area contributed by atoms with Crippen molar-refractivity contribution in [1.29, 1.82) is 0 Å². The first-order valence-corrected chi connectivity index (χ1v) is 16.5. The first kappa shape index (κ1) is 31.6. The molecule has 1 aromatic carbocycles. The highest BCUT2D eigenvalue weighted by Crippen LogP contribution is 2.27. The predicted molar refractivity (Wildman–Crippen MR) is 163 cm³/mol. The van der Waals surface area contributed by atoms with Crippen LogP contribution in [0, 0.1) is 0 Å². The standard InChI is InChI=1S/C35H60N2/c1-3-5-7-9-11-13-14-15-16-17-19-21-24-28-33(27-23-20-18-12-10-8-6-4-2)35-36-31-32-37(35)34-29-25-22-26-30-34/h22,25-26,29-33H,3-21,23-24,27-28H2,1-2H3/p+1/t33-/m0/s1. The zero-order chi connectivity index (χ0) is 26.2. The first-order valence-electron chi connectivity index (χ1n) is 16.5. The topological polar surface area (TPSA) is 19.7 Å². The molecule has 2 aromatic rings. The lowest BCUT2D eigenvalue weighted by atomic mass is 9.93. The summed E-state index contributed by atoms with van der Waals surface area (Å²) in [4.78, 5) is 3.64. The number of benzene rings is 1. The molecule has 0 bridgehead atoms. The molecule has 0 fully saturated rings. The zero-order valence-corrected chi connectivity index (χ0v) is 24.8. The van der Waals surface area contributed by atoms with E-state index in [9.17, 15) is 0 Å². The van der Waals surface area contributed by atoms with E-state index in [0.717, 1.165) is 0 Å². The molecule has 0 saturated heterocycles. The summed E-state index contributed by atoms with van der Waals surface area (Å²) in [5, 5.41) is 0. The molecule has 210 valence electrons. The number of aromatic nitrogens is 2. The molecule has 2 heteroatoms. The van der Waals surface area contributed by atoms with Gasteiger partial charge in [0, 0.05) is 0 Å². The van der Waals surface area contributed by atoms with Gasteiger partial charge in [-0.3, -0.25) is 0 Å². The van der Waals surface area contributed by atoms with Gasteiger partial charge in [-0.15, -0.1) is 0 Å². The number of unbranched alkanes of at least 4 members (excludes halogenated alkanes) is 19. The zero-order valence-electron chi connectivity index (χ0n) is 24.8. The highest BCUT2D eigenvalue weighted by Gasteiger charge is 2.23. The van der Waals surface area contributed by atoms with Crippen LogP contribution in [0.3, 0.4) is 0 Å². The maximum absolute atomic E-state index is 3.64. The SMILES string of the molecule is CCCCCCCCCCCCCCC[C@H](CCCCCCCCCC)c1[nH]cc[n+]1-c1ccccc1. The van der Waals surface area contributed by atoms with Gasteiger partial charge in [-0.05, 0) is 25.0 Å². The molecule has 37 heavy (non-hydrogen) atoms. The van der Waals surface area contributed by atoms with E-state index in [2.05, 4.69) is 66.1 Å². The molecule has 1 heterocycles. The summed E-state index contributed by atoms with van der Waals surface area (Å²) in [6.07, 6.45) is 36.8. The summed E-state index contributed by atoms with van der Waals surface area (Å²) in [6, 6.07) is 10.9. The Morgan fingerprint density at radius 3 is 1.38 bits per heavy atom. The van der Waals surface area contributed by atoms with Crippen molar-refractivity contribution in [1.82, 2.24) is 4.98 Å². The van der Waals surface area contributed by atoms with Crippen LogP contribution in [0.25, 0.3) is 5.69 Å². The minimum atomic E-state index is 0.642. The van der Waals surface area contributed by atoms with Gasteiger partial charge in [0.2, 0.25) is 0 Å². The predicted octanol–water partition coefficient (Wildman–Crippen LogP) is 11.4. The quantitative estimate of drug-likeness (QED) is 0.101. The molecular weight excluding hydrogens is 448 g/mol. The van der Waals surface area contributed by atoms with Crippen LogP contribution in [0.1, 0.15) is 173 Å². The number of imidazole rings is 1. The van der Waals surface area contributed by atoms with Crippen LogP contribution in [0.2, 0.25) is 0 Å². The van der Waals surface area contributed by atoms with Crippen LogP contribution in [0.4, 0.5) is 0 Å². The summed E-state index contributed by atoms with van der Waals surface area (Å²) in [5.74, 6) is 2.05. The molecule has 0 unspecified atom stereocenters. The summed E-state index contributed by atoms with van der Waals surface area (Å²) >= 11 is 0. The van der Waals surface area contributed by atoms with Crippen LogP contribution < -0.4 is 4.57 Å². The minimum absolute atomic E-state index is 0.642. The van der Waals surface area contributed by atoms with Crippen molar-refractivity contribution < 1.29 is 4.57 Å². The number of rotatable bonds is 25. The Morgan fingerprint density at radius 2 is 0.946 bits per heavy atom. The van der Waals surface area contributed by atoms with Crippen molar-refractivity contribution >= 4 is 0 Å². The van der Waals surface area contributed by atoms with Gasteiger partial charge in [0.15, 0.2) is 0 Å². The molecule has 1 atom stereocenters. The molecule has 0 saturated carbocycles. The number of H-pyrrole nitrogens is 1. The van der Waals surface area contributed by atoms with Gasteiger partial charge in [0.1, 0.15) is 18.1 Å². The maximum atomic E-state index is 3.64. The molecule has 0 amide bonds. The second kappa shape index (κ2) is 22.4. The number of para-hydroxylation sites is 1. The molecule has 0 aliphatic heterocycles. The minimum Gasteiger partial charge on any atom is -0.247 e. The molecule has 0 aliphatic rings. The number of hydrogen-bond acceptors (Lipinski definition) is 0. The lowest BCUT2D eigenvalue weighted by Crippen LogP contribution is -2.34. The fourth-order valence-corrected chi connectivity index (χ4v) is 5.83. The van der Waals surface area contributed by atoms with Crippen molar-refractivity contribution in [3.05, 3.63) is 48.5 Å². The Morgan fingerprint density at radius 1 is 0.541 bits per heavy atom. The van der Waals surface area contributed by atoms with E-state index in [1.807, 2.05) is 0 Å². The van der Waals surface area contributed by atoms with Crippen LogP contribution in [0.15, 0.2) is 42.7 Å². The Balaban J connectivity index is 1.68. The smallest absolute Gasteiger partial charge is 0.247 e. The molecule has 0 spiro atoms. The van der Waals surface area contributed by atoms with E-state index in [1.54, 1.807) is 0 Å². The summed E-state index contributed by atoms with van der Waals surface area (Å²) in [5.41, 5.74) is 1.28. The summed E-state index contributed by atoms with van der Waals surface area (Å²) in [7, 11) is 0. The van der Waals surface area contributed by atoms with Gasteiger partial charge in [0.25, 0.3) is 5.82 Å². The van der Waals surface area contributed by atoms with Gasteiger partial charge in [-0.1, -0.05) is 167 Å². The molecule has 1 aromatic heterocycles. The van der Waals surface area contributed by atoms with E-state index < -0.39 is 0 Å². The monoisotopic (exact) mass is 509 g/mol. The summed E-state index contributed by atoms with van der Waals surface area (Å²) in [6.45, 7) is 4.61. The number of aromatic amines is 1. The van der Waals surface area contributed by atoms with Crippen molar-refractivity contribution in [2.45, 2.75) is 167 Å². The summed E-state index contributed by atoms with van der Waals surface area (Å²) < 4.78 is 2.40. The van der Waals surface area contributed by atoms with Gasteiger partial charge >= 0.3 is 0 Å². The third kappa shape index (κ3) is 14.8. The van der Waals surface area contributed by atoms with Crippen LogP contribution in [-0.2, 0) is 0 Å². The third-order valence-electron chi connectivity index (χ3n) is 8.20. The second-order valence-corrected chi connectivity index (χ2v) is 11.5. The first-order chi connectivity index (χ1) is 18.4. The maximum Gasteiger partial charge on any atom is 0.262 e. The van der Waals surface area contributed by atoms with Crippen LogP contribution in [-0.4, -0.2) is 4.98 Å². The molecule has 0 radical (unpaired) electrons. The Kier molecular flexibility index (Phi) is 19.2. The van der Waals surface area contributed by atoms with Gasteiger partial charge in [-0.2, -0.15) is 4.57 Å². The molecule has 2 rings (SSSR count). The fourth-order valence-electron chi connectivity index (χ4n) is 5.83. The largest absolute Gasteiger partial charge is 0.262 e. The highest BCUT2D eigenvalue weighted by molar-refractivity contribution is 5.22. The Hall–Kier alpha value is -1.57. The van der Waals surface area contributed by atoms with E-state index in [1.165, 1.54) is 159 Å². The molecule has 0 aliphatic carbocycles. The lowest BCUT2D eigenvalue weighted by molar-refractivity contribution is -0.604.